The van der Waals surface area contributed by atoms with Crippen LogP contribution >= 0.6 is 0 Å². The average Bonchev–Trinajstić information content (AvgIpc) is 2.38. The quantitative estimate of drug-likeness (QED) is 0.870. The highest BCUT2D eigenvalue weighted by Gasteiger charge is 2.20. The van der Waals surface area contributed by atoms with Crippen molar-refractivity contribution in [3.8, 4) is 0 Å². The zero-order valence-corrected chi connectivity index (χ0v) is 10.2. The number of nitrogens with zero attached hydrogens (tertiary/aromatic N) is 3. The number of rotatable bonds is 4. The molecule has 0 bridgehead atoms. The van der Waals surface area contributed by atoms with Crippen LogP contribution in [0, 0.1) is 5.95 Å². The van der Waals surface area contributed by atoms with Crippen LogP contribution in [-0.2, 0) is 0 Å². The van der Waals surface area contributed by atoms with E-state index in [2.05, 4.69) is 27.1 Å². The Kier molecular flexibility index (Phi) is 4.25. The summed E-state index contributed by atoms with van der Waals surface area (Å²) in [6, 6.07) is 0.482. The van der Waals surface area contributed by atoms with Crippen molar-refractivity contribution in [2.75, 3.05) is 25.0 Å². The van der Waals surface area contributed by atoms with Gasteiger partial charge in [0.1, 0.15) is 0 Å². The van der Waals surface area contributed by atoms with E-state index in [1.54, 1.807) is 0 Å². The molecular formula is C12H19FN4. The van der Waals surface area contributed by atoms with Crippen LogP contribution in [0.15, 0.2) is 12.4 Å². The molecule has 1 atom stereocenters. The van der Waals surface area contributed by atoms with Gasteiger partial charge in [-0.2, -0.15) is 4.39 Å². The fourth-order valence-corrected chi connectivity index (χ4v) is 2.36. The third-order valence-electron chi connectivity index (χ3n) is 3.31. The average molecular weight is 238 g/mol. The molecule has 1 aliphatic heterocycles. The second-order valence-corrected chi connectivity index (χ2v) is 4.35. The summed E-state index contributed by atoms with van der Waals surface area (Å²) < 4.78 is 13.3. The highest BCUT2D eigenvalue weighted by molar-refractivity contribution is 5.32. The summed E-state index contributed by atoms with van der Waals surface area (Å²) in [4.78, 5) is 9.96. The first-order chi connectivity index (χ1) is 8.31. The summed E-state index contributed by atoms with van der Waals surface area (Å²) in [5, 5.41) is 3.06. The number of halogens is 1. The topological polar surface area (TPSA) is 41.0 Å². The van der Waals surface area contributed by atoms with Gasteiger partial charge in [0.2, 0.25) is 0 Å². The molecule has 1 fully saturated rings. The van der Waals surface area contributed by atoms with Crippen molar-refractivity contribution in [1.82, 2.24) is 14.9 Å². The minimum absolute atomic E-state index is 0.258. The highest BCUT2D eigenvalue weighted by atomic mass is 19.1. The minimum atomic E-state index is -0.522. The molecule has 4 nitrogen and oxygen atoms in total. The van der Waals surface area contributed by atoms with E-state index in [0.29, 0.717) is 6.04 Å². The Morgan fingerprint density at radius 1 is 1.41 bits per heavy atom. The maximum atomic E-state index is 13.3. The molecule has 1 aliphatic rings. The standard InChI is InChI=1S/C12H19FN4/c1-2-17-8-4-3-5-10(17)9-16-12-11(13)14-6-7-15-12/h6-7,10H,2-5,8-9H2,1H3,(H,15,16)/t10-/m0/s1. The van der Waals surface area contributed by atoms with Gasteiger partial charge in [-0.1, -0.05) is 13.3 Å². The van der Waals surface area contributed by atoms with Crippen LogP contribution in [-0.4, -0.2) is 40.5 Å². The Labute approximate surface area is 101 Å². The van der Waals surface area contributed by atoms with Crippen molar-refractivity contribution in [2.24, 2.45) is 0 Å². The van der Waals surface area contributed by atoms with E-state index in [9.17, 15) is 4.39 Å². The third-order valence-corrected chi connectivity index (χ3v) is 3.31. The van der Waals surface area contributed by atoms with Gasteiger partial charge in [-0.3, -0.25) is 4.90 Å². The summed E-state index contributed by atoms with van der Waals surface area (Å²) in [5.74, 6) is -0.263. The van der Waals surface area contributed by atoms with E-state index < -0.39 is 5.95 Å². The van der Waals surface area contributed by atoms with Crippen molar-refractivity contribution in [2.45, 2.75) is 32.2 Å². The van der Waals surface area contributed by atoms with Gasteiger partial charge in [0, 0.05) is 25.0 Å². The van der Waals surface area contributed by atoms with Crippen LogP contribution in [0.5, 0.6) is 0 Å². The summed E-state index contributed by atoms with van der Waals surface area (Å²) in [6.45, 7) is 5.10. The van der Waals surface area contributed by atoms with Crippen LogP contribution < -0.4 is 5.32 Å². The maximum absolute atomic E-state index is 13.3. The first kappa shape index (κ1) is 12.2. The molecular weight excluding hydrogens is 219 g/mol. The largest absolute Gasteiger partial charge is 0.365 e. The van der Waals surface area contributed by atoms with Gasteiger partial charge in [0.05, 0.1) is 0 Å². The molecule has 0 spiro atoms. The normalized spacial score (nSPS) is 21.4. The molecule has 2 rings (SSSR count). The summed E-state index contributed by atoms with van der Waals surface area (Å²) in [7, 11) is 0. The summed E-state index contributed by atoms with van der Waals surface area (Å²) in [6.07, 6.45) is 6.56. The van der Waals surface area contributed by atoms with Gasteiger partial charge in [0.15, 0.2) is 5.82 Å². The van der Waals surface area contributed by atoms with Gasteiger partial charge >= 0.3 is 0 Å². The van der Waals surface area contributed by atoms with Gasteiger partial charge in [0.25, 0.3) is 5.95 Å². The first-order valence-electron chi connectivity index (χ1n) is 6.25. The number of anilines is 1. The van der Waals surface area contributed by atoms with Crippen LogP contribution in [0.1, 0.15) is 26.2 Å². The van der Waals surface area contributed by atoms with Crippen LogP contribution in [0.25, 0.3) is 0 Å². The number of likely N-dealkylation sites (N-methyl/N-ethyl adjacent to an activating group) is 1. The molecule has 1 aromatic rings. The fraction of sp³-hybridized carbons (Fsp3) is 0.667. The number of aromatic nitrogens is 2. The summed E-state index contributed by atoms with van der Waals surface area (Å²) in [5.41, 5.74) is 0. The van der Waals surface area contributed by atoms with Crippen molar-refractivity contribution in [3.05, 3.63) is 18.3 Å². The highest BCUT2D eigenvalue weighted by Crippen LogP contribution is 2.17. The predicted octanol–water partition coefficient (Wildman–Crippen LogP) is 1.90. The van der Waals surface area contributed by atoms with Crippen molar-refractivity contribution in [3.63, 3.8) is 0 Å². The Balaban J connectivity index is 1.90. The molecule has 0 aliphatic carbocycles. The van der Waals surface area contributed by atoms with Crippen LogP contribution in [0.4, 0.5) is 10.2 Å². The van der Waals surface area contributed by atoms with E-state index in [1.165, 1.54) is 31.7 Å². The Morgan fingerprint density at radius 2 is 2.24 bits per heavy atom. The molecule has 5 heteroatoms. The van der Waals surface area contributed by atoms with Gasteiger partial charge in [-0.15, -0.1) is 0 Å². The molecule has 1 aromatic heterocycles. The molecule has 2 heterocycles. The van der Waals surface area contributed by atoms with Gasteiger partial charge in [-0.05, 0) is 25.9 Å². The Bertz CT molecular complexity index is 358. The zero-order chi connectivity index (χ0) is 12.1. The minimum Gasteiger partial charge on any atom is -0.365 e. The van der Waals surface area contributed by atoms with Gasteiger partial charge in [-0.25, -0.2) is 9.97 Å². The van der Waals surface area contributed by atoms with E-state index in [1.807, 2.05) is 0 Å². The summed E-state index contributed by atoms with van der Waals surface area (Å²) >= 11 is 0. The van der Waals surface area contributed by atoms with Crippen molar-refractivity contribution < 1.29 is 4.39 Å². The van der Waals surface area contributed by atoms with E-state index >= 15 is 0 Å². The smallest absolute Gasteiger partial charge is 0.255 e. The molecule has 94 valence electrons. The Morgan fingerprint density at radius 3 is 3.00 bits per heavy atom. The maximum Gasteiger partial charge on any atom is 0.255 e. The molecule has 1 saturated heterocycles. The second kappa shape index (κ2) is 5.91. The molecule has 0 amide bonds. The van der Waals surface area contributed by atoms with Crippen molar-refractivity contribution in [1.29, 1.82) is 0 Å². The monoisotopic (exact) mass is 238 g/mol. The van der Waals surface area contributed by atoms with Crippen molar-refractivity contribution >= 4 is 5.82 Å². The molecule has 0 radical (unpaired) electrons. The van der Waals surface area contributed by atoms with Gasteiger partial charge < -0.3 is 5.32 Å². The Hall–Kier alpha value is -1.23. The molecule has 0 aromatic carbocycles. The van der Waals surface area contributed by atoms with E-state index in [4.69, 9.17) is 0 Å². The molecule has 0 unspecified atom stereocenters. The van der Waals surface area contributed by atoms with E-state index in [-0.39, 0.29) is 5.82 Å². The van der Waals surface area contributed by atoms with E-state index in [0.717, 1.165) is 19.6 Å². The predicted molar refractivity (Wildman–Crippen MR) is 65.4 cm³/mol. The number of likely N-dealkylation sites (tertiary alicyclic amines) is 1. The number of piperidine rings is 1. The lowest BCUT2D eigenvalue weighted by Crippen LogP contribution is -2.43. The number of hydrogen-bond donors (Lipinski definition) is 1. The lowest BCUT2D eigenvalue weighted by atomic mass is 10.0. The SMILES string of the molecule is CCN1CCCC[C@H]1CNc1nccnc1F. The molecule has 17 heavy (non-hydrogen) atoms. The number of hydrogen-bond acceptors (Lipinski definition) is 4. The lowest BCUT2D eigenvalue weighted by Gasteiger charge is -2.34. The third kappa shape index (κ3) is 3.12. The zero-order valence-electron chi connectivity index (χ0n) is 10.2. The second-order valence-electron chi connectivity index (χ2n) is 4.35. The number of nitrogens with one attached hydrogen (secondary N) is 1. The van der Waals surface area contributed by atoms with Crippen LogP contribution in [0.2, 0.25) is 0 Å². The molecule has 0 saturated carbocycles. The van der Waals surface area contributed by atoms with Crippen LogP contribution in [0.3, 0.4) is 0 Å². The first-order valence-corrected chi connectivity index (χ1v) is 6.25. The molecule has 1 N–H and O–H groups in total. The lowest BCUT2D eigenvalue weighted by molar-refractivity contribution is 0.164. The fourth-order valence-electron chi connectivity index (χ4n) is 2.36.